The summed E-state index contributed by atoms with van der Waals surface area (Å²) >= 11 is 0. The molecular weight excluding hydrogens is 112 g/mol. The highest BCUT2D eigenvalue weighted by molar-refractivity contribution is 5.88. The van der Waals surface area contributed by atoms with E-state index in [1.807, 2.05) is 0 Å². The molecule has 0 aromatic heterocycles. The van der Waals surface area contributed by atoms with E-state index in [1.165, 1.54) is 19.3 Å². The number of hydrogen-bond acceptors (Lipinski definition) is 1. The molecule has 0 aromatic rings. The summed E-state index contributed by atoms with van der Waals surface area (Å²) in [6.45, 7) is 0. The average Bonchev–Trinajstić information content (AvgIpc) is 2.20. The number of fused-ring (bicyclic) bond motifs is 1. The van der Waals surface area contributed by atoms with E-state index in [2.05, 4.69) is 0 Å². The molecule has 0 radical (unpaired) electrons. The summed E-state index contributed by atoms with van der Waals surface area (Å²) in [4.78, 5) is 11.2. The molecule has 3 fully saturated rings. The number of carbonyl (C=O) groups excluding carboxylic acids is 1. The van der Waals surface area contributed by atoms with Crippen LogP contribution in [-0.4, -0.2) is 5.78 Å². The predicted molar refractivity (Wildman–Crippen MR) is 32.8 cm³/mol. The first-order valence-electron chi connectivity index (χ1n) is 3.90. The van der Waals surface area contributed by atoms with Crippen molar-refractivity contribution in [1.29, 1.82) is 0 Å². The number of Topliss-reactive ketones (excluding diaryl/α,β-unsaturated/α-hetero) is 1. The van der Waals surface area contributed by atoms with Crippen molar-refractivity contribution in [2.45, 2.75) is 19.3 Å². The van der Waals surface area contributed by atoms with Crippen LogP contribution in [0.25, 0.3) is 0 Å². The largest absolute Gasteiger partial charge is 0.299 e. The van der Waals surface area contributed by atoms with Gasteiger partial charge in [0.2, 0.25) is 0 Å². The second-order valence-corrected chi connectivity index (χ2v) is 3.84. The van der Waals surface area contributed by atoms with E-state index < -0.39 is 0 Å². The summed E-state index contributed by atoms with van der Waals surface area (Å²) in [7, 11) is 0. The Kier molecular flexibility index (Phi) is 0.544. The van der Waals surface area contributed by atoms with Crippen LogP contribution in [-0.2, 0) is 4.79 Å². The second-order valence-electron chi connectivity index (χ2n) is 3.84. The van der Waals surface area contributed by atoms with Crippen LogP contribution < -0.4 is 0 Å². The highest BCUT2D eigenvalue weighted by Crippen LogP contribution is 2.61. The third kappa shape index (κ3) is 0.322. The SMILES string of the molecule is O=C1[C@@H]2C[C@H]3C[C@@H]1[C@@H]3C2. The molecule has 3 saturated carbocycles. The van der Waals surface area contributed by atoms with E-state index in [4.69, 9.17) is 0 Å². The third-order valence-electron chi connectivity index (χ3n) is 3.59. The molecule has 1 heteroatoms. The molecule has 4 atom stereocenters. The number of carbonyl (C=O) groups is 1. The fraction of sp³-hybridized carbons (Fsp3) is 0.875. The third-order valence-corrected chi connectivity index (χ3v) is 3.59. The molecule has 48 valence electrons. The zero-order valence-corrected chi connectivity index (χ0v) is 5.34. The zero-order valence-electron chi connectivity index (χ0n) is 5.34. The fourth-order valence-corrected chi connectivity index (χ4v) is 3.09. The van der Waals surface area contributed by atoms with E-state index in [-0.39, 0.29) is 0 Å². The van der Waals surface area contributed by atoms with Crippen molar-refractivity contribution in [3.05, 3.63) is 0 Å². The fourth-order valence-electron chi connectivity index (χ4n) is 3.09. The number of rotatable bonds is 0. The van der Waals surface area contributed by atoms with Crippen molar-refractivity contribution >= 4 is 5.78 Å². The van der Waals surface area contributed by atoms with Crippen molar-refractivity contribution < 1.29 is 4.79 Å². The van der Waals surface area contributed by atoms with E-state index in [9.17, 15) is 4.79 Å². The molecule has 0 amide bonds. The molecule has 0 N–H and O–H groups in total. The topological polar surface area (TPSA) is 17.1 Å². The van der Waals surface area contributed by atoms with Crippen LogP contribution in [0.5, 0.6) is 0 Å². The van der Waals surface area contributed by atoms with Gasteiger partial charge in [0, 0.05) is 11.8 Å². The summed E-state index contributed by atoms with van der Waals surface area (Å²) in [5, 5.41) is 0. The first-order valence-corrected chi connectivity index (χ1v) is 3.90. The van der Waals surface area contributed by atoms with E-state index in [0.717, 1.165) is 11.8 Å². The van der Waals surface area contributed by atoms with Gasteiger partial charge in [0.05, 0.1) is 0 Å². The Bertz CT molecular complexity index is 179. The number of ketones is 1. The van der Waals surface area contributed by atoms with Gasteiger partial charge in [0.25, 0.3) is 0 Å². The standard InChI is InChI=1S/C8H10O/c9-8-5-1-4-2-7(8)6(4)3-5/h4-7H,1-3H2/t4-,5+,6+,7+/m0/s1. The van der Waals surface area contributed by atoms with Gasteiger partial charge >= 0.3 is 0 Å². The molecule has 0 unspecified atom stereocenters. The highest BCUT2D eigenvalue weighted by atomic mass is 16.1. The molecular formula is C8H10O. The van der Waals surface area contributed by atoms with Crippen LogP contribution in [0.4, 0.5) is 0 Å². The molecule has 3 rings (SSSR count). The highest BCUT2D eigenvalue weighted by Gasteiger charge is 2.59. The lowest BCUT2D eigenvalue weighted by Crippen LogP contribution is -2.39. The van der Waals surface area contributed by atoms with Crippen molar-refractivity contribution in [2.24, 2.45) is 23.7 Å². The second kappa shape index (κ2) is 1.09. The maximum atomic E-state index is 11.2. The van der Waals surface area contributed by atoms with Crippen LogP contribution in [0.2, 0.25) is 0 Å². The van der Waals surface area contributed by atoms with E-state index in [1.54, 1.807) is 0 Å². The summed E-state index contributed by atoms with van der Waals surface area (Å²) in [5.74, 6) is 3.54. The van der Waals surface area contributed by atoms with Crippen molar-refractivity contribution in [3.63, 3.8) is 0 Å². The van der Waals surface area contributed by atoms with E-state index in [0.29, 0.717) is 17.6 Å². The lowest BCUT2D eigenvalue weighted by atomic mass is 9.63. The Hall–Kier alpha value is -0.330. The molecule has 0 aliphatic heterocycles. The first-order chi connectivity index (χ1) is 4.36. The van der Waals surface area contributed by atoms with Gasteiger partial charge in [-0.05, 0) is 31.1 Å². The Morgan fingerprint density at radius 2 is 2.11 bits per heavy atom. The van der Waals surface area contributed by atoms with Crippen molar-refractivity contribution in [1.82, 2.24) is 0 Å². The lowest BCUT2D eigenvalue weighted by Gasteiger charge is -2.40. The molecule has 1 nitrogen and oxygen atoms in total. The summed E-state index contributed by atoms with van der Waals surface area (Å²) in [6.07, 6.45) is 3.76. The van der Waals surface area contributed by atoms with Gasteiger partial charge < -0.3 is 0 Å². The first kappa shape index (κ1) is 4.48. The maximum absolute atomic E-state index is 11.2. The van der Waals surface area contributed by atoms with E-state index >= 15 is 0 Å². The average molecular weight is 122 g/mol. The minimum Gasteiger partial charge on any atom is -0.299 e. The molecule has 2 bridgehead atoms. The predicted octanol–water partition coefficient (Wildman–Crippen LogP) is 1.23. The van der Waals surface area contributed by atoms with Gasteiger partial charge in [-0.1, -0.05) is 0 Å². The Morgan fingerprint density at radius 1 is 1.22 bits per heavy atom. The molecule has 3 aliphatic rings. The van der Waals surface area contributed by atoms with Gasteiger partial charge in [-0.25, -0.2) is 0 Å². The molecule has 0 saturated heterocycles. The Labute approximate surface area is 54.4 Å². The van der Waals surface area contributed by atoms with Crippen molar-refractivity contribution in [3.8, 4) is 0 Å². The smallest absolute Gasteiger partial charge is 0.139 e. The lowest BCUT2D eigenvalue weighted by molar-refractivity contribution is -0.132. The van der Waals surface area contributed by atoms with Gasteiger partial charge in [-0.15, -0.1) is 0 Å². The molecule has 0 aromatic carbocycles. The van der Waals surface area contributed by atoms with Crippen molar-refractivity contribution in [2.75, 3.05) is 0 Å². The summed E-state index contributed by atoms with van der Waals surface area (Å²) < 4.78 is 0. The Balaban J connectivity index is 2.09. The van der Waals surface area contributed by atoms with Crippen LogP contribution in [0.3, 0.4) is 0 Å². The minimum absolute atomic E-state index is 0.527. The Morgan fingerprint density at radius 3 is 2.44 bits per heavy atom. The van der Waals surface area contributed by atoms with Crippen LogP contribution in [0, 0.1) is 23.7 Å². The van der Waals surface area contributed by atoms with Crippen LogP contribution in [0.15, 0.2) is 0 Å². The van der Waals surface area contributed by atoms with Crippen LogP contribution >= 0.6 is 0 Å². The number of hydrogen-bond donors (Lipinski definition) is 0. The molecule has 0 heterocycles. The minimum atomic E-state index is 0.527. The van der Waals surface area contributed by atoms with Gasteiger partial charge in [-0.3, -0.25) is 4.79 Å². The molecule has 0 spiro atoms. The van der Waals surface area contributed by atoms with Gasteiger partial charge in [0.1, 0.15) is 5.78 Å². The molecule has 9 heavy (non-hydrogen) atoms. The molecule has 3 aliphatic carbocycles. The zero-order chi connectivity index (χ0) is 6.01. The monoisotopic (exact) mass is 122 g/mol. The normalized spacial score (nSPS) is 60.2. The van der Waals surface area contributed by atoms with Gasteiger partial charge in [-0.2, -0.15) is 0 Å². The summed E-state index contributed by atoms with van der Waals surface area (Å²) in [6, 6.07) is 0. The summed E-state index contributed by atoms with van der Waals surface area (Å²) in [5.41, 5.74) is 0. The maximum Gasteiger partial charge on any atom is 0.139 e. The van der Waals surface area contributed by atoms with Gasteiger partial charge in [0.15, 0.2) is 0 Å². The quantitative estimate of drug-likeness (QED) is 0.472. The van der Waals surface area contributed by atoms with Crippen LogP contribution in [0.1, 0.15) is 19.3 Å².